The monoisotopic (exact) mass is 265 g/mol. The average Bonchev–Trinajstić information content (AvgIpc) is 2.38. The lowest BCUT2D eigenvalue weighted by Crippen LogP contribution is -2.27. The highest BCUT2D eigenvalue weighted by Crippen LogP contribution is 2.17. The number of hydrogen-bond donors (Lipinski definition) is 2. The Kier molecular flexibility index (Phi) is 5.05. The molecule has 0 heterocycles. The molecule has 0 aliphatic carbocycles. The molecule has 6 heteroatoms. The maximum absolute atomic E-state index is 11.7. The van der Waals surface area contributed by atoms with E-state index in [4.69, 9.17) is 9.84 Å². The van der Waals surface area contributed by atoms with Crippen molar-refractivity contribution in [3.8, 4) is 0 Å². The average molecular weight is 265 g/mol. The third-order valence-electron chi connectivity index (χ3n) is 2.44. The van der Waals surface area contributed by atoms with E-state index in [1.165, 1.54) is 19.1 Å². The van der Waals surface area contributed by atoms with Crippen LogP contribution in [0.25, 0.3) is 0 Å². The van der Waals surface area contributed by atoms with Gasteiger partial charge in [0, 0.05) is 0 Å². The first kappa shape index (κ1) is 14.7. The summed E-state index contributed by atoms with van der Waals surface area (Å²) < 4.78 is 4.85. The van der Waals surface area contributed by atoms with Gasteiger partial charge in [0.15, 0.2) is 0 Å². The first-order valence-electron chi connectivity index (χ1n) is 5.77. The van der Waals surface area contributed by atoms with Crippen LogP contribution in [0, 0.1) is 5.92 Å². The molecule has 1 aromatic carbocycles. The lowest BCUT2D eigenvalue weighted by molar-refractivity contribution is -0.144. The summed E-state index contributed by atoms with van der Waals surface area (Å²) in [4.78, 5) is 34.0. The number of rotatable bonds is 5. The van der Waals surface area contributed by atoms with Gasteiger partial charge in [0.25, 0.3) is 0 Å². The van der Waals surface area contributed by atoms with E-state index in [2.05, 4.69) is 5.32 Å². The fraction of sp³-hybridized carbons (Fsp3) is 0.308. The number of esters is 1. The molecule has 1 aromatic rings. The summed E-state index contributed by atoms with van der Waals surface area (Å²) in [6, 6.07) is 6.27. The molecule has 19 heavy (non-hydrogen) atoms. The van der Waals surface area contributed by atoms with E-state index in [1.807, 2.05) is 0 Å². The number of carboxylic acids is 1. The van der Waals surface area contributed by atoms with Gasteiger partial charge in [-0.3, -0.25) is 9.59 Å². The van der Waals surface area contributed by atoms with Crippen LogP contribution in [-0.4, -0.2) is 29.6 Å². The Balaban J connectivity index is 2.92. The van der Waals surface area contributed by atoms with E-state index < -0.39 is 23.8 Å². The fourth-order valence-electron chi connectivity index (χ4n) is 1.33. The van der Waals surface area contributed by atoms with Crippen molar-refractivity contribution in [2.75, 3.05) is 11.9 Å². The number of nitrogens with one attached hydrogen (secondary N) is 1. The van der Waals surface area contributed by atoms with Crippen LogP contribution < -0.4 is 5.32 Å². The predicted molar refractivity (Wildman–Crippen MR) is 67.8 cm³/mol. The van der Waals surface area contributed by atoms with E-state index in [0.29, 0.717) is 0 Å². The second kappa shape index (κ2) is 6.53. The molecular formula is C13H15NO5. The smallest absolute Gasteiger partial charge is 0.340 e. The van der Waals surface area contributed by atoms with E-state index >= 15 is 0 Å². The molecule has 0 aliphatic heterocycles. The molecule has 0 spiro atoms. The van der Waals surface area contributed by atoms with Gasteiger partial charge in [-0.25, -0.2) is 4.79 Å². The quantitative estimate of drug-likeness (QED) is 0.622. The number of benzene rings is 1. The van der Waals surface area contributed by atoms with Crippen LogP contribution in [-0.2, 0) is 14.3 Å². The number of anilines is 1. The molecule has 0 saturated carbocycles. The molecule has 1 atom stereocenters. The van der Waals surface area contributed by atoms with Gasteiger partial charge >= 0.3 is 11.9 Å². The van der Waals surface area contributed by atoms with E-state index in [9.17, 15) is 14.4 Å². The Morgan fingerprint density at radius 2 is 1.95 bits per heavy atom. The normalized spacial score (nSPS) is 11.5. The summed E-state index contributed by atoms with van der Waals surface area (Å²) in [5.41, 5.74) is 0.425. The molecule has 0 radical (unpaired) electrons. The van der Waals surface area contributed by atoms with Crippen LogP contribution in [0.1, 0.15) is 24.2 Å². The topological polar surface area (TPSA) is 92.7 Å². The molecule has 6 nitrogen and oxygen atoms in total. The van der Waals surface area contributed by atoms with Crippen LogP contribution >= 0.6 is 0 Å². The van der Waals surface area contributed by atoms with Crippen molar-refractivity contribution >= 4 is 23.5 Å². The number of ether oxygens (including phenoxy) is 1. The number of amides is 1. The Labute approximate surface area is 110 Å². The summed E-state index contributed by atoms with van der Waals surface area (Å²) in [5.74, 6) is -3.69. The molecular weight excluding hydrogens is 250 g/mol. The maximum Gasteiger partial charge on any atom is 0.340 e. The molecule has 0 saturated heterocycles. The molecule has 102 valence electrons. The predicted octanol–water partition coefficient (Wildman–Crippen LogP) is 1.52. The minimum Gasteiger partial charge on any atom is -0.481 e. The lowest BCUT2D eigenvalue weighted by atomic mass is 10.1. The van der Waals surface area contributed by atoms with Gasteiger partial charge in [0.05, 0.1) is 17.9 Å². The third-order valence-corrected chi connectivity index (χ3v) is 2.44. The van der Waals surface area contributed by atoms with E-state index in [0.717, 1.165) is 0 Å². The summed E-state index contributed by atoms with van der Waals surface area (Å²) in [5, 5.41) is 11.2. The van der Waals surface area contributed by atoms with Crippen LogP contribution in [0.15, 0.2) is 24.3 Å². The molecule has 0 fully saturated rings. The van der Waals surface area contributed by atoms with Crippen molar-refractivity contribution in [3.63, 3.8) is 0 Å². The van der Waals surface area contributed by atoms with E-state index in [-0.39, 0.29) is 17.9 Å². The minimum atomic E-state index is -1.23. The van der Waals surface area contributed by atoms with Crippen LogP contribution in [0.2, 0.25) is 0 Å². The molecule has 1 rings (SSSR count). The second-order valence-electron chi connectivity index (χ2n) is 3.82. The summed E-state index contributed by atoms with van der Waals surface area (Å²) in [6.07, 6.45) is 0. The molecule has 0 aliphatic rings. The van der Waals surface area contributed by atoms with Gasteiger partial charge in [-0.15, -0.1) is 0 Å². The van der Waals surface area contributed by atoms with Crippen LogP contribution in [0.3, 0.4) is 0 Å². The lowest BCUT2D eigenvalue weighted by Gasteiger charge is -2.11. The van der Waals surface area contributed by atoms with Gasteiger partial charge in [0.1, 0.15) is 5.92 Å². The third kappa shape index (κ3) is 3.80. The first-order valence-corrected chi connectivity index (χ1v) is 5.77. The Morgan fingerprint density at radius 3 is 2.53 bits per heavy atom. The van der Waals surface area contributed by atoms with Crippen molar-refractivity contribution in [3.05, 3.63) is 29.8 Å². The Morgan fingerprint density at radius 1 is 1.32 bits per heavy atom. The highest BCUT2D eigenvalue weighted by molar-refractivity contribution is 6.07. The molecule has 1 unspecified atom stereocenters. The zero-order chi connectivity index (χ0) is 14.4. The maximum atomic E-state index is 11.7. The summed E-state index contributed by atoms with van der Waals surface area (Å²) in [6.45, 7) is 3.16. The van der Waals surface area contributed by atoms with Gasteiger partial charge in [0.2, 0.25) is 5.91 Å². The zero-order valence-corrected chi connectivity index (χ0v) is 10.7. The minimum absolute atomic E-state index is 0.190. The number of aliphatic carboxylic acids is 1. The molecule has 2 N–H and O–H groups in total. The number of para-hydroxylation sites is 1. The Bertz CT molecular complexity index is 498. The molecule has 0 bridgehead atoms. The van der Waals surface area contributed by atoms with Crippen molar-refractivity contribution in [2.45, 2.75) is 13.8 Å². The highest BCUT2D eigenvalue weighted by Gasteiger charge is 2.22. The van der Waals surface area contributed by atoms with Gasteiger partial charge in [-0.2, -0.15) is 0 Å². The molecule has 0 aromatic heterocycles. The number of carbonyl (C=O) groups is 3. The van der Waals surface area contributed by atoms with Crippen molar-refractivity contribution in [2.24, 2.45) is 5.92 Å². The SMILES string of the molecule is CCOC(=O)c1ccccc1NC(=O)C(C)C(=O)O. The first-order chi connectivity index (χ1) is 8.97. The van der Waals surface area contributed by atoms with Crippen molar-refractivity contribution in [1.29, 1.82) is 0 Å². The number of carboxylic acid groups (broad SMARTS) is 1. The largest absolute Gasteiger partial charge is 0.481 e. The highest BCUT2D eigenvalue weighted by atomic mass is 16.5. The summed E-state index contributed by atoms with van der Waals surface area (Å²) in [7, 11) is 0. The van der Waals surface area contributed by atoms with Crippen molar-refractivity contribution < 1.29 is 24.2 Å². The second-order valence-corrected chi connectivity index (χ2v) is 3.82. The van der Waals surface area contributed by atoms with Gasteiger partial charge in [-0.1, -0.05) is 12.1 Å². The zero-order valence-electron chi connectivity index (χ0n) is 10.7. The summed E-state index contributed by atoms with van der Waals surface area (Å²) >= 11 is 0. The van der Waals surface area contributed by atoms with E-state index in [1.54, 1.807) is 19.1 Å². The number of hydrogen-bond acceptors (Lipinski definition) is 4. The van der Waals surface area contributed by atoms with Crippen LogP contribution in [0.4, 0.5) is 5.69 Å². The van der Waals surface area contributed by atoms with Gasteiger partial charge < -0.3 is 15.2 Å². The van der Waals surface area contributed by atoms with Crippen LogP contribution in [0.5, 0.6) is 0 Å². The fourth-order valence-corrected chi connectivity index (χ4v) is 1.33. The Hall–Kier alpha value is -2.37. The van der Waals surface area contributed by atoms with Gasteiger partial charge in [-0.05, 0) is 26.0 Å². The molecule has 1 amide bonds. The van der Waals surface area contributed by atoms with Crippen molar-refractivity contribution in [1.82, 2.24) is 0 Å². The standard InChI is InChI=1S/C13H15NO5/c1-3-19-13(18)9-6-4-5-7-10(9)14-11(15)8(2)12(16)17/h4-8H,3H2,1-2H3,(H,14,15)(H,16,17). The number of carbonyl (C=O) groups excluding carboxylic acids is 2.